The molecule has 1 amide bonds. The van der Waals surface area contributed by atoms with Gasteiger partial charge in [-0.25, -0.2) is 0 Å². The quantitative estimate of drug-likeness (QED) is 0.562. The van der Waals surface area contributed by atoms with Crippen LogP contribution in [0.1, 0.15) is 20.3 Å². The molecule has 28 heavy (non-hydrogen) atoms. The van der Waals surface area contributed by atoms with Gasteiger partial charge < -0.3 is 19.3 Å². The van der Waals surface area contributed by atoms with E-state index in [0.717, 1.165) is 5.69 Å². The van der Waals surface area contributed by atoms with Gasteiger partial charge in [0.05, 0.1) is 13.2 Å². The highest BCUT2D eigenvalue weighted by Gasteiger charge is 2.30. The van der Waals surface area contributed by atoms with Crippen LogP contribution in [0, 0.1) is 5.92 Å². The zero-order chi connectivity index (χ0) is 20.7. The Bertz CT molecular complexity index is 666. The van der Waals surface area contributed by atoms with Gasteiger partial charge in [0.1, 0.15) is 6.61 Å². The van der Waals surface area contributed by atoms with Crippen molar-refractivity contribution in [1.29, 1.82) is 0 Å². The van der Waals surface area contributed by atoms with Crippen LogP contribution in [0.15, 0.2) is 18.2 Å². The van der Waals surface area contributed by atoms with E-state index in [1.807, 2.05) is 17.0 Å². The minimum Gasteiger partial charge on any atom is -0.382 e. The highest BCUT2D eigenvalue weighted by atomic mass is 35.5. The Kier molecular flexibility index (Phi) is 9.02. The number of ether oxygens (including phenoxy) is 2. The number of hydrogen-bond acceptors (Lipinski definition) is 5. The number of benzene rings is 1. The van der Waals surface area contributed by atoms with E-state index in [2.05, 4.69) is 11.8 Å². The van der Waals surface area contributed by atoms with Crippen LogP contribution in [0.3, 0.4) is 0 Å². The maximum absolute atomic E-state index is 12.8. The third kappa shape index (κ3) is 6.62. The Morgan fingerprint density at radius 2 is 1.86 bits per heavy atom. The lowest BCUT2D eigenvalue weighted by atomic mass is 10.0. The number of methoxy groups -OCH3 is 1. The van der Waals surface area contributed by atoms with Gasteiger partial charge in [-0.05, 0) is 25.1 Å². The SMILES string of the molecule is COCCOCC(=O)CC(C)C(=O)N1CCN(c2cc(Cl)cc(Cl)c2)[C@@H](C)C1. The summed E-state index contributed by atoms with van der Waals surface area (Å²) in [6.07, 6.45) is 0.185. The number of amides is 1. The van der Waals surface area contributed by atoms with Crippen LogP contribution in [-0.2, 0) is 19.1 Å². The van der Waals surface area contributed by atoms with Crippen LogP contribution in [0.5, 0.6) is 0 Å². The second-order valence-electron chi connectivity index (χ2n) is 7.14. The fraction of sp³-hybridized carbons (Fsp3) is 0.600. The first-order valence-electron chi connectivity index (χ1n) is 9.41. The first-order chi connectivity index (χ1) is 13.3. The Morgan fingerprint density at radius 3 is 2.46 bits per heavy atom. The average Bonchev–Trinajstić information content (AvgIpc) is 2.63. The number of halogens is 2. The molecule has 6 nitrogen and oxygen atoms in total. The van der Waals surface area contributed by atoms with E-state index in [1.54, 1.807) is 20.1 Å². The van der Waals surface area contributed by atoms with Crippen molar-refractivity contribution >= 4 is 40.6 Å². The summed E-state index contributed by atoms with van der Waals surface area (Å²) in [4.78, 5) is 28.8. The third-order valence-corrected chi connectivity index (χ3v) is 5.20. The summed E-state index contributed by atoms with van der Waals surface area (Å²) in [5.41, 5.74) is 0.952. The second kappa shape index (κ2) is 11.0. The lowest BCUT2D eigenvalue weighted by molar-refractivity contribution is -0.139. The molecule has 1 saturated heterocycles. The number of hydrogen-bond donors (Lipinski definition) is 0. The molecular formula is C20H28Cl2N2O4. The Morgan fingerprint density at radius 1 is 1.18 bits per heavy atom. The van der Waals surface area contributed by atoms with Gasteiger partial charge in [-0.2, -0.15) is 0 Å². The first-order valence-corrected chi connectivity index (χ1v) is 10.2. The van der Waals surface area contributed by atoms with E-state index in [-0.39, 0.29) is 36.7 Å². The molecule has 1 heterocycles. The number of carbonyl (C=O) groups excluding carboxylic acids is 2. The lowest BCUT2D eigenvalue weighted by Gasteiger charge is -2.42. The fourth-order valence-electron chi connectivity index (χ4n) is 3.37. The Balaban J connectivity index is 1.86. The summed E-state index contributed by atoms with van der Waals surface area (Å²) in [5, 5.41) is 1.18. The van der Waals surface area contributed by atoms with Crippen molar-refractivity contribution in [3.63, 3.8) is 0 Å². The minimum atomic E-state index is -0.363. The van der Waals surface area contributed by atoms with Crippen molar-refractivity contribution in [2.45, 2.75) is 26.3 Å². The molecule has 1 aromatic rings. The third-order valence-electron chi connectivity index (χ3n) is 4.77. The predicted octanol–water partition coefficient (Wildman–Crippen LogP) is 3.29. The summed E-state index contributed by atoms with van der Waals surface area (Å²) in [6.45, 7) is 6.56. The summed E-state index contributed by atoms with van der Waals surface area (Å²) < 4.78 is 10.1. The summed E-state index contributed by atoms with van der Waals surface area (Å²) in [7, 11) is 1.58. The van der Waals surface area contributed by atoms with E-state index >= 15 is 0 Å². The number of rotatable bonds is 9. The molecule has 1 aliphatic rings. The van der Waals surface area contributed by atoms with E-state index < -0.39 is 0 Å². The molecule has 0 radical (unpaired) electrons. The summed E-state index contributed by atoms with van der Waals surface area (Å²) in [5.74, 6) is -0.434. The second-order valence-corrected chi connectivity index (χ2v) is 8.02. The molecule has 0 spiro atoms. The zero-order valence-corrected chi connectivity index (χ0v) is 18.1. The number of anilines is 1. The molecule has 0 N–H and O–H groups in total. The van der Waals surface area contributed by atoms with E-state index in [0.29, 0.717) is 42.9 Å². The smallest absolute Gasteiger partial charge is 0.225 e. The van der Waals surface area contributed by atoms with E-state index in [1.165, 1.54) is 0 Å². The van der Waals surface area contributed by atoms with Gasteiger partial charge in [-0.3, -0.25) is 9.59 Å². The molecule has 1 fully saturated rings. The predicted molar refractivity (Wildman–Crippen MR) is 111 cm³/mol. The van der Waals surface area contributed by atoms with Crippen molar-refractivity contribution in [2.24, 2.45) is 5.92 Å². The molecular weight excluding hydrogens is 403 g/mol. The molecule has 0 aliphatic carbocycles. The van der Waals surface area contributed by atoms with Crippen molar-refractivity contribution in [3.8, 4) is 0 Å². The molecule has 1 unspecified atom stereocenters. The van der Waals surface area contributed by atoms with Gasteiger partial charge in [-0.15, -0.1) is 0 Å². The molecule has 2 rings (SSSR count). The molecule has 0 saturated carbocycles. The van der Waals surface area contributed by atoms with Gasteiger partial charge in [-0.1, -0.05) is 30.1 Å². The molecule has 156 valence electrons. The van der Waals surface area contributed by atoms with Crippen molar-refractivity contribution < 1.29 is 19.1 Å². The van der Waals surface area contributed by atoms with Crippen LogP contribution in [0.4, 0.5) is 5.69 Å². The maximum Gasteiger partial charge on any atom is 0.225 e. The van der Waals surface area contributed by atoms with Crippen LogP contribution >= 0.6 is 23.2 Å². The number of piperazine rings is 1. The average molecular weight is 431 g/mol. The highest BCUT2D eigenvalue weighted by Crippen LogP contribution is 2.28. The minimum absolute atomic E-state index is 0.000804. The summed E-state index contributed by atoms with van der Waals surface area (Å²) in [6, 6.07) is 5.58. The fourth-order valence-corrected chi connectivity index (χ4v) is 3.89. The van der Waals surface area contributed by atoms with E-state index in [4.69, 9.17) is 32.7 Å². The first kappa shape index (κ1) is 22.9. The van der Waals surface area contributed by atoms with Gasteiger partial charge in [0.25, 0.3) is 0 Å². The van der Waals surface area contributed by atoms with Crippen LogP contribution in [-0.4, -0.2) is 69.2 Å². The molecule has 0 aromatic heterocycles. The number of nitrogens with zero attached hydrogens (tertiary/aromatic N) is 2. The molecule has 1 aliphatic heterocycles. The van der Waals surface area contributed by atoms with Gasteiger partial charge in [0.2, 0.25) is 5.91 Å². The van der Waals surface area contributed by atoms with Crippen molar-refractivity contribution in [3.05, 3.63) is 28.2 Å². The number of carbonyl (C=O) groups is 2. The monoisotopic (exact) mass is 430 g/mol. The van der Waals surface area contributed by atoms with Crippen LogP contribution < -0.4 is 4.90 Å². The largest absolute Gasteiger partial charge is 0.382 e. The molecule has 2 atom stereocenters. The van der Waals surface area contributed by atoms with Crippen molar-refractivity contribution in [2.75, 3.05) is 51.5 Å². The number of ketones is 1. The summed E-state index contributed by atoms with van der Waals surface area (Å²) >= 11 is 12.2. The van der Waals surface area contributed by atoms with Crippen LogP contribution in [0.25, 0.3) is 0 Å². The molecule has 1 aromatic carbocycles. The van der Waals surface area contributed by atoms with Gasteiger partial charge in [0.15, 0.2) is 5.78 Å². The van der Waals surface area contributed by atoms with Gasteiger partial charge >= 0.3 is 0 Å². The van der Waals surface area contributed by atoms with Crippen molar-refractivity contribution in [1.82, 2.24) is 4.90 Å². The standard InChI is InChI=1S/C20H28Cl2N2O4/c1-14(8-19(25)13-28-7-6-27-3)20(26)23-4-5-24(15(2)12-23)18-10-16(21)9-17(22)11-18/h9-11,14-15H,4-8,12-13H2,1-3H3/t14?,15-/m0/s1. The Hall–Kier alpha value is -1.34. The maximum atomic E-state index is 12.8. The van der Waals surface area contributed by atoms with Gasteiger partial charge in [0, 0.05) is 60.9 Å². The molecule has 0 bridgehead atoms. The molecule has 8 heteroatoms. The van der Waals surface area contributed by atoms with E-state index in [9.17, 15) is 9.59 Å². The number of Topliss-reactive ketones (excluding diaryl/α,β-unsaturated/α-hetero) is 1. The zero-order valence-electron chi connectivity index (χ0n) is 16.6. The lowest BCUT2D eigenvalue weighted by Crippen LogP contribution is -2.55. The Labute approximate surface area is 176 Å². The normalized spacial score (nSPS) is 18.2. The topological polar surface area (TPSA) is 59.1 Å². The van der Waals surface area contributed by atoms with Crippen LogP contribution in [0.2, 0.25) is 10.0 Å². The highest BCUT2D eigenvalue weighted by molar-refractivity contribution is 6.35.